The topological polar surface area (TPSA) is 146 Å². The summed E-state index contributed by atoms with van der Waals surface area (Å²) in [6, 6.07) is 2.90. The molecule has 0 aliphatic rings. The highest BCUT2D eigenvalue weighted by molar-refractivity contribution is 7.99. The van der Waals surface area contributed by atoms with Crippen LogP contribution < -0.4 is 19.5 Å². The van der Waals surface area contributed by atoms with Crippen molar-refractivity contribution in [1.82, 2.24) is 14.7 Å². The highest BCUT2D eigenvalue weighted by atomic mass is 32.2. The zero-order chi connectivity index (χ0) is 24.8. The molecule has 0 aliphatic carbocycles. The number of esters is 1. The van der Waals surface area contributed by atoms with Gasteiger partial charge in [0.15, 0.2) is 0 Å². The maximum Gasteiger partial charge on any atom is 0.398 e. The number of rotatable bonds is 8. The summed E-state index contributed by atoms with van der Waals surface area (Å²) in [5.74, 6) is -2.75. The summed E-state index contributed by atoms with van der Waals surface area (Å²) < 4.78 is 79.1. The highest BCUT2D eigenvalue weighted by Crippen LogP contribution is 2.30. The number of sulfonamides is 1. The number of halogens is 3. The summed E-state index contributed by atoms with van der Waals surface area (Å²) in [4.78, 5) is 31.0. The Morgan fingerprint density at radius 3 is 2.18 bits per heavy atom. The van der Waals surface area contributed by atoms with E-state index in [2.05, 4.69) is 20.0 Å². The molecule has 0 fully saturated rings. The largest absolute Gasteiger partial charge is 0.481 e. The molecule has 0 saturated carbocycles. The van der Waals surface area contributed by atoms with Crippen LogP contribution in [0.2, 0.25) is 0 Å². The van der Waals surface area contributed by atoms with Crippen LogP contribution in [0.4, 0.5) is 23.9 Å². The zero-order valence-electron chi connectivity index (χ0n) is 17.2. The van der Waals surface area contributed by atoms with Gasteiger partial charge in [-0.1, -0.05) is 0 Å². The third-order valence-electron chi connectivity index (χ3n) is 3.60. The predicted octanol–water partition coefficient (Wildman–Crippen LogP) is 2.45. The van der Waals surface area contributed by atoms with Gasteiger partial charge in [-0.25, -0.2) is 22.7 Å². The van der Waals surface area contributed by atoms with Crippen LogP contribution in [0.15, 0.2) is 34.1 Å². The van der Waals surface area contributed by atoms with Gasteiger partial charge in [-0.2, -0.15) is 23.1 Å². The smallest absolute Gasteiger partial charge is 0.398 e. The second-order valence-electron chi connectivity index (χ2n) is 5.89. The Morgan fingerprint density at radius 2 is 1.67 bits per heavy atom. The third-order valence-corrected chi connectivity index (χ3v) is 6.03. The van der Waals surface area contributed by atoms with E-state index in [1.807, 2.05) is 0 Å². The molecule has 1 aromatic heterocycles. The summed E-state index contributed by atoms with van der Waals surface area (Å²) in [6.45, 7) is 0. The van der Waals surface area contributed by atoms with Crippen LogP contribution in [0.1, 0.15) is 10.4 Å². The number of benzene rings is 1. The first-order valence-corrected chi connectivity index (χ1v) is 11.1. The first kappa shape index (κ1) is 26.0. The van der Waals surface area contributed by atoms with Crippen molar-refractivity contribution in [2.75, 3.05) is 32.4 Å². The van der Waals surface area contributed by atoms with E-state index in [0.717, 1.165) is 25.3 Å². The van der Waals surface area contributed by atoms with Crippen LogP contribution in [0.25, 0.3) is 0 Å². The van der Waals surface area contributed by atoms with E-state index < -0.39 is 44.4 Å². The van der Waals surface area contributed by atoms with Crippen LogP contribution in [0, 0.1) is 0 Å². The average molecular weight is 510 g/mol. The molecule has 11 nitrogen and oxygen atoms in total. The van der Waals surface area contributed by atoms with Crippen LogP contribution in [-0.2, 0) is 14.8 Å². The number of nitrogens with zero attached hydrogens (tertiary/aromatic N) is 2. The quantitative estimate of drug-likeness (QED) is 0.401. The molecular weight excluding hydrogens is 493 g/mol. The summed E-state index contributed by atoms with van der Waals surface area (Å²) >= 11 is 0.298. The van der Waals surface area contributed by atoms with Crippen molar-refractivity contribution in [3.05, 3.63) is 29.8 Å². The number of hydrogen-bond donors (Lipinski definition) is 2. The summed E-state index contributed by atoms with van der Waals surface area (Å²) in [5.41, 5.74) is -0.492. The lowest BCUT2D eigenvalue weighted by Crippen LogP contribution is -2.35. The van der Waals surface area contributed by atoms with Crippen molar-refractivity contribution in [3.63, 3.8) is 0 Å². The fourth-order valence-corrected chi connectivity index (χ4v) is 4.13. The van der Waals surface area contributed by atoms with Gasteiger partial charge in [0.1, 0.15) is 4.90 Å². The Kier molecular flexibility index (Phi) is 8.32. The second-order valence-corrected chi connectivity index (χ2v) is 8.59. The lowest BCUT2D eigenvalue weighted by Gasteiger charge is -2.13. The molecule has 1 heterocycles. The monoisotopic (exact) mass is 510 g/mol. The van der Waals surface area contributed by atoms with Gasteiger partial charge in [-0.05, 0) is 18.2 Å². The van der Waals surface area contributed by atoms with Gasteiger partial charge in [-0.15, -0.1) is 11.8 Å². The molecule has 16 heteroatoms. The molecule has 0 radical (unpaired) electrons. The normalized spacial score (nSPS) is 11.5. The van der Waals surface area contributed by atoms with Gasteiger partial charge in [0.05, 0.1) is 38.7 Å². The number of ether oxygens (including phenoxy) is 3. The maximum absolute atomic E-state index is 12.8. The number of carbonyl (C=O) groups excluding carboxylic acids is 2. The van der Waals surface area contributed by atoms with Gasteiger partial charge in [0, 0.05) is 4.90 Å². The number of nitrogens with one attached hydrogen (secondary N) is 2. The van der Waals surface area contributed by atoms with Gasteiger partial charge in [0.25, 0.3) is 10.0 Å². The summed E-state index contributed by atoms with van der Waals surface area (Å²) in [5, 5.41) is 2.06. The number of anilines is 1. The number of aromatic nitrogens is 2. The van der Waals surface area contributed by atoms with E-state index in [0.29, 0.717) is 11.8 Å². The van der Waals surface area contributed by atoms with E-state index in [1.165, 1.54) is 20.3 Å². The Bertz CT molecular complexity index is 1120. The summed E-state index contributed by atoms with van der Waals surface area (Å²) in [7, 11) is -1.19. The lowest BCUT2D eigenvalue weighted by atomic mass is 10.2. The number of amides is 2. The molecule has 2 rings (SSSR count). The molecule has 0 aliphatic heterocycles. The average Bonchev–Trinajstić information content (AvgIpc) is 2.75. The molecule has 33 heavy (non-hydrogen) atoms. The Morgan fingerprint density at radius 1 is 1.06 bits per heavy atom. The van der Waals surface area contributed by atoms with Gasteiger partial charge < -0.3 is 14.2 Å². The number of urea groups is 1. The Balaban J connectivity index is 2.33. The number of hydrogen-bond acceptors (Lipinski definition) is 10. The first-order valence-electron chi connectivity index (χ1n) is 8.61. The molecule has 2 aromatic rings. The second kappa shape index (κ2) is 10.6. The molecule has 0 saturated heterocycles. The SMILES string of the molecule is COC(=O)c1ccc(SCC(F)(F)F)cc1S(=O)(=O)NC(=O)Nc1nc(OC)cc(OC)n1. The first-order chi connectivity index (χ1) is 15.4. The third kappa shape index (κ3) is 7.38. The van der Waals surface area contributed by atoms with Crippen molar-refractivity contribution < 1.29 is 45.4 Å². The molecule has 0 unspecified atom stereocenters. The molecule has 180 valence electrons. The van der Waals surface area contributed by atoms with Gasteiger partial charge in [-0.3, -0.25) is 5.32 Å². The number of alkyl halides is 3. The standard InChI is InChI=1S/C17H17F3N4O7S2/c1-29-12-7-13(30-2)22-15(21-12)23-16(26)24-33(27,28)11-6-9(32-8-17(18,19)20)4-5-10(11)14(25)31-3/h4-7H,8H2,1-3H3,(H2,21,22,23,24,26). The fourth-order valence-electron chi connectivity index (χ4n) is 2.23. The Hall–Kier alpha value is -3.27. The van der Waals surface area contributed by atoms with Crippen LogP contribution in [0.3, 0.4) is 0 Å². The highest BCUT2D eigenvalue weighted by Gasteiger charge is 2.29. The minimum atomic E-state index is -4.75. The van der Waals surface area contributed by atoms with E-state index in [4.69, 9.17) is 9.47 Å². The lowest BCUT2D eigenvalue weighted by molar-refractivity contribution is -0.105. The van der Waals surface area contributed by atoms with Crippen LogP contribution in [-0.4, -0.2) is 63.6 Å². The van der Waals surface area contributed by atoms with E-state index in [1.54, 1.807) is 4.72 Å². The number of carbonyl (C=O) groups is 2. The molecule has 1 aromatic carbocycles. The molecule has 0 atom stereocenters. The molecule has 2 amide bonds. The minimum absolute atomic E-state index is 0.00220. The minimum Gasteiger partial charge on any atom is -0.481 e. The zero-order valence-corrected chi connectivity index (χ0v) is 18.9. The van der Waals surface area contributed by atoms with Crippen molar-refractivity contribution in [1.29, 1.82) is 0 Å². The van der Waals surface area contributed by atoms with Gasteiger partial charge >= 0.3 is 18.2 Å². The molecule has 2 N–H and O–H groups in total. The van der Waals surface area contributed by atoms with E-state index in [9.17, 15) is 31.2 Å². The molecule has 0 bridgehead atoms. The fraction of sp³-hybridized carbons (Fsp3) is 0.294. The van der Waals surface area contributed by atoms with Gasteiger partial charge in [0.2, 0.25) is 17.7 Å². The van der Waals surface area contributed by atoms with Crippen molar-refractivity contribution in [3.8, 4) is 11.8 Å². The summed E-state index contributed by atoms with van der Waals surface area (Å²) in [6.07, 6.45) is -4.51. The van der Waals surface area contributed by atoms with Crippen molar-refractivity contribution in [2.24, 2.45) is 0 Å². The van der Waals surface area contributed by atoms with Crippen LogP contribution >= 0.6 is 11.8 Å². The van der Waals surface area contributed by atoms with Crippen molar-refractivity contribution in [2.45, 2.75) is 16.0 Å². The van der Waals surface area contributed by atoms with E-state index in [-0.39, 0.29) is 22.6 Å². The van der Waals surface area contributed by atoms with Crippen LogP contribution in [0.5, 0.6) is 11.8 Å². The Labute approximate surface area is 190 Å². The molecular formula is C17H17F3N4O7S2. The predicted molar refractivity (Wildman–Crippen MR) is 109 cm³/mol. The molecule has 0 spiro atoms. The van der Waals surface area contributed by atoms with E-state index >= 15 is 0 Å². The maximum atomic E-state index is 12.8. The number of thioether (sulfide) groups is 1. The number of methoxy groups -OCH3 is 3. The van der Waals surface area contributed by atoms with Crippen molar-refractivity contribution >= 4 is 39.7 Å².